The molecule has 4 heteroatoms. The lowest BCUT2D eigenvalue weighted by Crippen LogP contribution is -2.10. The van der Waals surface area contributed by atoms with Crippen molar-refractivity contribution in [2.24, 2.45) is 0 Å². The average Bonchev–Trinajstić information content (AvgIpc) is 2.66. The zero-order valence-corrected chi connectivity index (χ0v) is 14.1. The Hall–Kier alpha value is -3.19. The lowest BCUT2D eigenvalue weighted by atomic mass is 10.0. The van der Waals surface area contributed by atoms with Crippen molar-refractivity contribution in [3.05, 3.63) is 66.2 Å². The van der Waals surface area contributed by atoms with Crippen molar-refractivity contribution in [1.82, 2.24) is 0 Å². The number of para-hydroxylation sites is 2. The van der Waals surface area contributed by atoms with Crippen LogP contribution in [-0.4, -0.2) is 19.8 Å². The number of nitriles is 1. The van der Waals surface area contributed by atoms with E-state index in [0.717, 1.165) is 10.8 Å². The third-order valence-electron chi connectivity index (χ3n) is 3.75. The van der Waals surface area contributed by atoms with Crippen molar-refractivity contribution in [2.75, 3.05) is 19.8 Å². The predicted octanol–water partition coefficient (Wildman–Crippen LogP) is 4.57. The van der Waals surface area contributed by atoms with Crippen LogP contribution in [0.4, 0.5) is 0 Å². The van der Waals surface area contributed by atoms with Crippen molar-refractivity contribution in [3.63, 3.8) is 0 Å². The van der Waals surface area contributed by atoms with E-state index >= 15 is 0 Å². The number of nitrogens with zero attached hydrogens (tertiary/aromatic N) is 1. The summed E-state index contributed by atoms with van der Waals surface area (Å²) in [5, 5.41) is 11.4. The van der Waals surface area contributed by atoms with E-state index in [4.69, 9.17) is 14.2 Å². The molecule has 0 heterocycles. The summed E-state index contributed by atoms with van der Waals surface area (Å²) in [6.45, 7) is 3.22. The molecule has 3 aromatic carbocycles. The van der Waals surface area contributed by atoms with Gasteiger partial charge in [-0.3, -0.25) is 0 Å². The van der Waals surface area contributed by atoms with Gasteiger partial charge in [0.2, 0.25) is 0 Å². The maximum atomic E-state index is 9.47. The topological polar surface area (TPSA) is 51.5 Å². The van der Waals surface area contributed by atoms with Gasteiger partial charge in [0.1, 0.15) is 30.6 Å². The predicted molar refractivity (Wildman–Crippen MR) is 97.3 cm³/mol. The quantitative estimate of drug-likeness (QED) is 0.594. The standard InChI is InChI=1S/C21H19NO3/c1-2-23-20-9-5-6-10-21(20)25-14-13-24-19-12-11-16-7-3-4-8-17(16)18(19)15-22/h3-12H,2,13-14H2,1H3. The monoisotopic (exact) mass is 333 g/mol. The van der Waals surface area contributed by atoms with E-state index in [1.165, 1.54) is 0 Å². The number of hydrogen-bond acceptors (Lipinski definition) is 4. The molecule has 0 bridgehead atoms. The van der Waals surface area contributed by atoms with Gasteiger partial charge in [0.05, 0.1) is 6.61 Å². The number of fused-ring (bicyclic) bond motifs is 1. The van der Waals surface area contributed by atoms with Crippen LogP contribution in [0.5, 0.6) is 17.2 Å². The second-order valence-electron chi connectivity index (χ2n) is 5.35. The Morgan fingerprint density at radius 2 is 1.40 bits per heavy atom. The molecule has 0 atom stereocenters. The molecule has 25 heavy (non-hydrogen) atoms. The van der Waals surface area contributed by atoms with Gasteiger partial charge in [-0.05, 0) is 30.5 Å². The molecule has 4 nitrogen and oxygen atoms in total. The molecule has 3 aromatic rings. The summed E-state index contributed by atoms with van der Waals surface area (Å²) in [5.41, 5.74) is 0.549. The number of benzene rings is 3. The minimum absolute atomic E-state index is 0.341. The first kappa shape index (κ1) is 16.7. The fourth-order valence-electron chi connectivity index (χ4n) is 2.63. The van der Waals surface area contributed by atoms with Crippen molar-refractivity contribution < 1.29 is 14.2 Å². The van der Waals surface area contributed by atoms with E-state index < -0.39 is 0 Å². The van der Waals surface area contributed by atoms with Gasteiger partial charge in [0.15, 0.2) is 11.5 Å². The second kappa shape index (κ2) is 8.07. The normalized spacial score (nSPS) is 10.2. The maximum absolute atomic E-state index is 9.47. The Balaban J connectivity index is 1.65. The SMILES string of the molecule is CCOc1ccccc1OCCOc1ccc2ccccc2c1C#N. The number of ether oxygens (including phenoxy) is 3. The fraction of sp³-hybridized carbons (Fsp3) is 0.190. The Morgan fingerprint density at radius 1 is 0.760 bits per heavy atom. The molecule has 0 spiro atoms. The Kier molecular flexibility index (Phi) is 5.38. The fourth-order valence-corrected chi connectivity index (χ4v) is 2.63. The highest BCUT2D eigenvalue weighted by atomic mass is 16.5. The van der Waals surface area contributed by atoms with E-state index in [0.29, 0.717) is 42.6 Å². The largest absolute Gasteiger partial charge is 0.490 e. The average molecular weight is 333 g/mol. The van der Waals surface area contributed by atoms with Crippen LogP contribution in [0.25, 0.3) is 10.8 Å². The molecular weight excluding hydrogens is 314 g/mol. The highest BCUT2D eigenvalue weighted by Crippen LogP contribution is 2.28. The first-order valence-corrected chi connectivity index (χ1v) is 8.22. The van der Waals surface area contributed by atoms with Crippen LogP contribution in [0.2, 0.25) is 0 Å². The zero-order chi connectivity index (χ0) is 17.5. The van der Waals surface area contributed by atoms with Crippen molar-refractivity contribution in [1.29, 1.82) is 5.26 Å². The first-order valence-electron chi connectivity index (χ1n) is 8.22. The molecule has 126 valence electrons. The van der Waals surface area contributed by atoms with E-state index in [9.17, 15) is 5.26 Å². The summed E-state index contributed by atoms with van der Waals surface area (Å²) in [4.78, 5) is 0. The minimum atomic E-state index is 0.341. The maximum Gasteiger partial charge on any atom is 0.161 e. The lowest BCUT2D eigenvalue weighted by Gasteiger charge is -2.13. The van der Waals surface area contributed by atoms with E-state index in [-0.39, 0.29) is 0 Å². The van der Waals surface area contributed by atoms with Crippen molar-refractivity contribution in [3.8, 4) is 23.3 Å². The van der Waals surface area contributed by atoms with E-state index in [2.05, 4.69) is 6.07 Å². The summed E-state index contributed by atoms with van der Waals surface area (Å²) in [6, 6.07) is 21.3. The second-order valence-corrected chi connectivity index (χ2v) is 5.35. The van der Waals surface area contributed by atoms with E-state index in [1.807, 2.05) is 67.6 Å². The molecule has 0 radical (unpaired) electrons. The molecule has 0 saturated heterocycles. The minimum Gasteiger partial charge on any atom is -0.490 e. The van der Waals surface area contributed by atoms with Gasteiger partial charge in [-0.25, -0.2) is 0 Å². The van der Waals surface area contributed by atoms with Crippen molar-refractivity contribution >= 4 is 10.8 Å². The van der Waals surface area contributed by atoms with Crippen molar-refractivity contribution in [2.45, 2.75) is 6.92 Å². The zero-order valence-electron chi connectivity index (χ0n) is 14.1. The van der Waals surface area contributed by atoms with E-state index in [1.54, 1.807) is 0 Å². The number of rotatable bonds is 7. The van der Waals surface area contributed by atoms with Gasteiger partial charge < -0.3 is 14.2 Å². The van der Waals surface area contributed by atoms with Crippen LogP contribution in [0.1, 0.15) is 12.5 Å². The molecule has 0 aliphatic rings. The summed E-state index contributed by atoms with van der Waals surface area (Å²) in [7, 11) is 0. The Morgan fingerprint density at radius 3 is 2.12 bits per heavy atom. The molecule has 0 aromatic heterocycles. The molecule has 3 rings (SSSR count). The molecule has 0 aliphatic carbocycles. The van der Waals surface area contributed by atoms with Gasteiger partial charge in [-0.15, -0.1) is 0 Å². The molecule has 0 fully saturated rings. The van der Waals surface area contributed by atoms with Gasteiger partial charge in [-0.2, -0.15) is 5.26 Å². The molecule has 0 saturated carbocycles. The van der Waals surface area contributed by atoms with Gasteiger partial charge >= 0.3 is 0 Å². The number of hydrogen-bond donors (Lipinski definition) is 0. The molecular formula is C21H19NO3. The molecule has 0 unspecified atom stereocenters. The Labute approximate surface area is 147 Å². The van der Waals surface area contributed by atoms with Gasteiger partial charge in [0.25, 0.3) is 0 Å². The highest BCUT2D eigenvalue weighted by Gasteiger charge is 2.09. The first-order chi connectivity index (χ1) is 12.3. The van der Waals surface area contributed by atoms with Crippen LogP contribution < -0.4 is 14.2 Å². The summed E-state index contributed by atoms with van der Waals surface area (Å²) in [6.07, 6.45) is 0. The van der Waals surface area contributed by atoms with Gasteiger partial charge in [-0.1, -0.05) is 42.5 Å². The van der Waals surface area contributed by atoms with Crippen LogP contribution in [0, 0.1) is 11.3 Å². The molecule has 0 amide bonds. The van der Waals surface area contributed by atoms with Crippen LogP contribution in [0.15, 0.2) is 60.7 Å². The smallest absolute Gasteiger partial charge is 0.161 e. The summed E-state index contributed by atoms with van der Waals surface area (Å²) < 4.78 is 17.0. The van der Waals surface area contributed by atoms with Crippen LogP contribution >= 0.6 is 0 Å². The van der Waals surface area contributed by atoms with Gasteiger partial charge in [0, 0.05) is 5.39 Å². The third-order valence-corrected chi connectivity index (χ3v) is 3.75. The highest BCUT2D eigenvalue weighted by molar-refractivity contribution is 5.90. The van der Waals surface area contributed by atoms with Crippen LogP contribution in [0.3, 0.4) is 0 Å². The Bertz CT molecular complexity index is 899. The third kappa shape index (κ3) is 3.84. The summed E-state index contributed by atoms with van der Waals surface area (Å²) in [5.74, 6) is 1.98. The van der Waals surface area contributed by atoms with Crippen LogP contribution in [-0.2, 0) is 0 Å². The molecule has 0 aliphatic heterocycles. The lowest BCUT2D eigenvalue weighted by molar-refractivity contribution is 0.208. The summed E-state index contributed by atoms with van der Waals surface area (Å²) >= 11 is 0. The molecule has 0 N–H and O–H groups in total.